The van der Waals surface area contributed by atoms with Crippen molar-refractivity contribution in [3.05, 3.63) is 11.6 Å². The van der Waals surface area contributed by atoms with Gasteiger partial charge in [-0.1, -0.05) is 118 Å². The molecule has 33 heteroatoms. The second-order valence-electron chi connectivity index (χ2n) is 35.1. The molecule has 3 unspecified atom stereocenters. The maximum Gasteiger partial charge on any atom is 0.407 e. The minimum Gasteiger partial charge on any atom is -0.479 e. The van der Waals surface area contributed by atoms with Gasteiger partial charge in [0.2, 0.25) is 6.29 Å². The van der Waals surface area contributed by atoms with E-state index in [4.69, 9.17) is 61.6 Å². The Bertz CT molecular complexity index is 3120. The van der Waals surface area contributed by atoms with E-state index in [9.17, 15) is 91.0 Å². The number of unbranched alkanes of at least 4 members (excludes halogenated alkanes) is 9. The molecule has 11 rings (SSSR count). The van der Waals surface area contributed by atoms with Crippen LogP contribution in [0.2, 0.25) is 0 Å². The van der Waals surface area contributed by atoms with Crippen LogP contribution < -0.4 is 5.32 Å². The number of carbonyl (C=O) groups is 4. The highest BCUT2D eigenvalue weighted by atomic mass is 16.8. The second kappa shape index (κ2) is 35.4. The number of amides is 1. The lowest BCUT2D eigenvalue weighted by molar-refractivity contribution is -0.391. The van der Waals surface area contributed by atoms with E-state index in [1.54, 1.807) is 13.8 Å². The highest BCUT2D eigenvalue weighted by molar-refractivity contribution is 5.79. The standard InChI is InChI=1S/C77H125NO32/c1-10-11-12-13-14-15-16-17-18-19-30-78-71(97)109-58-37(3)101-68(61(55(58)92)107-66-54(91)50(87)57(36(2)100-66)104-64-51(88)46(83)40(81)33-98-64)110-70(96)77-28-26-72(4,5)31-39(77)38-20-21-44-73(6)24-23-45(74(7,35-80)43(73)22-25-76(44,9)75(38,8)27-29-77)103-69-62(108-67-53(90)49(86)48(85)42(32-79)102-67)59(56(93)60(106-69)63(94)95)105-65-52(89)47(84)41(82)34-99-65/h20,35-37,39-62,64-69,79,81-93H,10-19,21-34H2,1-9H3,(H,78,97)(H,94,95)/t36-,37+,39?,40+,41+,42+,43?,44?,45-,46-,47-,48-,49-,50-,51+,52+,53+,54+,55-,56-,57-,58-,59-,60-,61+,62+,64-,65-,66-,67-,68-,69+,73-,74-,75+,76+,77-/m0/s1. The summed E-state index contributed by atoms with van der Waals surface area (Å²) < 4.78 is 79.4. The minimum absolute atomic E-state index is 0.102. The van der Waals surface area contributed by atoms with Crippen LogP contribution in [0, 0.1) is 50.2 Å². The van der Waals surface area contributed by atoms with Gasteiger partial charge in [-0.25, -0.2) is 9.59 Å². The Morgan fingerprint density at radius 3 is 1.70 bits per heavy atom. The molecule has 37 atom stereocenters. The second-order valence-corrected chi connectivity index (χ2v) is 35.1. The lowest BCUT2D eigenvalue weighted by atomic mass is 9.33. The summed E-state index contributed by atoms with van der Waals surface area (Å²) in [4.78, 5) is 57.0. The quantitative estimate of drug-likeness (QED) is 0.0178. The SMILES string of the molecule is CCCCCCCCCCCCNC(=O)O[C@@H]1[C@H](O)[C@@H](O[C@@H]2O[C@@H](C)[C@H](O[C@@H]3OC[C@@H](O)[C@H](O)[C@H]3O)[C@@H](O)[C@H]2O)[C@H](OC(=O)[C@]23CCC(C)(C)CC2C2=CCC4[C@@]5(C)CC[C@H](O[C@@H]6O[C@H](C(=O)O)[C@@H](O)[C@H](O[C@@H]7OC[C@@H](O)[C@H](O)[C@H]7O)[C@H]6O[C@@H]6O[C@H](CO)[C@H](O)[C@H](O)[C@H]6O)[C@@](C)(C=O)C5CC[C@@]4(C)[C@]2(C)CC3)O[C@@H]1C. The maximum atomic E-state index is 16.0. The van der Waals surface area contributed by atoms with Crippen molar-refractivity contribution >= 4 is 24.3 Å². The number of carboxylic acids is 1. The Hall–Kier alpha value is -3.38. The number of aliphatic hydroxyl groups excluding tert-OH is 14. The van der Waals surface area contributed by atoms with Crippen molar-refractivity contribution in [2.75, 3.05) is 26.4 Å². The van der Waals surface area contributed by atoms with Gasteiger partial charge in [-0.3, -0.25) is 4.79 Å². The van der Waals surface area contributed by atoms with Gasteiger partial charge < -0.3 is 148 Å². The number of aliphatic hydroxyl groups is 14. The predicted octanol–water partition coefficient (Wildman–Crippen LogP) is 0.873. The Morgan fingerprint density at radius 2 is 1.08 bits per heavy atom. The van der Waals surface area contributed by atoms with Crippen LogP contribution in [0.4, 0.5) is 4.79 Å². The zero-order chi connectivity index (χ0) is 80.1. The van der Waals surface area contributed by atoms with E-state index in [1.165, 1.54) is 39.0 Å². The average molecular weight is 1580 g/mol. The van der Waals surface area contributed by atoms with E-state index < -0.39 is 255 Å². The lowest BCUT2D eigenvalue weighted by Crippen LogP contribution is -2.69. The molecule has 0 aromatic carbocycles. The third kappa shape index (κ3) is 16.9. The fourth-order valence-corrected chi connectivity index (χ4v) is 20.8. The van der Waals surface area contributed by atoms with Crippen molar-refractivity contribution in [1.29, 1.82) is 0 Å². The van der Waals surface area contributed by atoms with E-state index in [0.717, 1.165) is 37.5 Å². The van der Waals surface area contributed by atoms with Gasteiger partial charge in [0, 0.05) is 6.54 Å². The first-order chi connectivity index (χ1) is 52.0. The summed E-state index contributed by atoms with van der Waals surface area (Å²) in [7, 11) is 0. The Labute approximate surface area is 641 Å². The number of ether oxygens (including phenoxy) is 13. The van der Waals surface area contributed by atoms with Gasteiger partial charge in [0.05, 0.1) is 49.0 Å². The molecule has 0 aromatic rings. The molecule has 10 fully saturated rings. The van der Waals surface area contributed by atoms with Crippen molar-refractivity contribution in [2.45, 2.75) is 369 Å². The van der Waals surface area contributed by atoms with Crippen molar-refractivity contribution in [3.8, 4) is 0 Å². The fourth-order valence-electron chi connectivity index (χ4n) is 20.8. The summed E-state index contributed by atoms with van der Waals surface area (Å²) in [5.41, 5.74) is -3.43. The van der Waals surface area contributed by atoms with Crippen LogP contribution in [0.15, 0.2) is 11.6 Å². The summed E-state index contributed by atoms with van der Waals surface area (Å²) in [6, 6.07) is 0. The predicted molar refractivity (Wildman–Crippen MR) is 378 cm³/mol. The van der Waals surface area contributed by atoms with E-state index in [1.807, 2.05) is 0 Å². The van der Waals surface area contributed by atoms with Crippen molar-refractivity contribution < 1.29 is 157 Å². The van der Waals surface area contributed by atoms with Crippen LogP contribution >= 0.6 is 0 Å². The zero-order valence-electron chi connectivity index (χ0n) is 64.7. The summed E-state index contributed by atoms with van der Waals surface area (Å²) in [6.07, 6.45) is -32.6. The van der Waals surface area contributed by atoms with E-state index in [0.29, 0.717) is 64.2 Å². The minimum atomic E-state index is -2.20. The van der Waals surface area contributed by atoms with Gasteiger partial charge in [0.25, 0.3) is 0 Å². The number of fused-ring (bicyclic) bond motifs is 7. The molecule has 11 aliphatic rings. The van der Waals surface area contributed by atoms with Gasteiger partial charge in [-0.15, -0.1) is 0 Å². The third-order valence-corrected chi connectivity index (χ3v) is 27.7. The number of nitrogens with one attached hydrogen (secondary N) is 1. The summed E-state index contributed by atoms with van der Waals surface area (Å²) >= 11 is 0. The molecule has 6 heterocycles. The Morgan fingerprint density at radius 1 is 0.527 bits per heavy atom. The van der Waals surface area contributed by atoms with Crippen LogP contribution in [-0.4, -0.2) is 305 Å². The fraction of sp³-hybridized carbons (Fsp3) is 0.922. The molecular weight excluding hydrogens is 1450 g/mol. The highest BCUT2D eigenvalue weighted by Crippen LogP contribution is 2.76. The summed E-state index contributed by atoms with van der Waals surface area (Å²) in [5.74, 6) is -3.28. The first-order valence-electron chi connectivity index (χ1n) is 40.1. The molecule has 0 bridgehead atoms. The molecular formula is C77H125NO32. The normalized spacial score (nSPS) is 48.8. The first kappa shape index (κ1) is 87.5. The van der Waals surface area contributed by atoms with E-state index in [2.05, 4.69) is 52.9 Å². The highest BCUT2D eigenvalue weighted by Gasteiger charge is 2.72. The van der Waals surface area contributed by atoms with Crippen molar-refractivity contribution in [3.63, 3.8) is 0 Å². The van der Waals surface area contributed by atoms with Crippen LogP contribution in [0.5, 0.6) is 0 Å². The van der Waals surface area contributed by atoms with Crippen molar-refractivity contribution in [2.24, 2.45) is 50.2 Å². The molecule has 16 N–H and O–H groups in total. The monoisotopic (exact) mass is 1580 g/mol. The van der Waals surface area contributed by atoms with Crippen LogP contribution in [-0.2, 0) is 76.0 Å². The molecule has 5 aliphatic carbocycles. The number of rotatable bonds is 27. The van der Waals surface area contributed by atoms with Gasteiger partial charge in [0.1, 0.15) is 110 Å². The number of hydrogen-bond donors (Lipinski definition) is 16. The van der Waals surface area contributed by atoms with Gasteiger partial charge >= 0.3 is 18.0 Å². The van der Waals surface area contributed by atoms with Gasteiger partial charge in [-0.05, 0) is 124 Å². The van der Waals surface area contributed by atoms with E-state index >= 15 is 4.79 Å². The van der Waals surface area contributed by atoms with Crippen molar-refractivity contribution in [1.82, 2.24) is 5.32 Å². The smallest absolute Gasteiger partial charge is 0.407 e. The molecule has 4 saturated carbocycles. The largest absolute Gasteiger partial charge is 0.479 e. The van der Waals surface area contributed by atoms with Gasteiger partial charge in [-0.2, -0.15) is 0 Å². The number of carboxylic acid groups (broad SMARTS) is 1. The van der Waals surface area contributed by atoms with Crippen LogP contribution in [0.25, 0.3) is 0 Å². The molecule has 0 radical (unpaired) electrons. The number of aldehydes is 1. The van der Waals surface area contributed by atoms with Crippen LogP contribution in [0.3, 0.4) is 0 Å². The number of esters is 1. The number of alkyl carbamates (subject to hydrolysis) is 1. The molecule has 0 aromatic heterocycles. The Kier molecular flexibility index (Phi) is 28.2. The zero-order valence-corrected chi connectivity index (χ0v) is 64.7. The molecule has 0 spiro atoms. The Balaban J connectivity index is 0.836. The third-order valence-electron chi connectivity index (χ3n) is 27.7. The molecule has 33 nitrogen and oxygen atoms in total. The van der Waals surface area contributed by atoms with Crippen LogP contribution in [0.1, 0.15) is 191 Å². The summed E-state index contributed by atoms with van der Waals surface area (Å²) in [5, 5.41) is 167. The lowest BCUT2D eigenvalue weighted by Gasteiger charge is -2.71. The number of hydrogen-bond acceptors (Lipinski definition) is 31. The maximum absolute atomic E-state index is 16.0. The first-order valence-corrected chi connectivity index (χ1v) is 40.1. The molecule has 6 aliphatic heterocycles. The summed E-state index contributed by atoms with van der Waals surface area (Å²) in [6.45, 7) is 16.5. The molecule has 6 saturated heterocycles. The average Bonchev–Trinajstić information content (AvgIpc) is 0.673. The topological polar surface area (TPSA) is 504 Å². The number of aliphatic carboxylic acids is 1. The number of carbonyl (C=O) groups excluding carboxylic acids is 3. The molecule has 110 heavy (non-hydrogen) atoms. The van der Waals surface area contributed by atoms with Gasteiger partial charge in [0.15, 0.2) is 49.8 Å². The van der Waals surface area contributed by atoms with E-state index in [-0.39, 0.29) is 24.3 Å². The molecule has 1 amide bonds. The number of allylic oxidation sites excluding steroid dienone is 2. The molecule has 630 valence electrons.